The highest BCUT2D eigenvalue weighted by molar-refractivity contribution is 5.85. The fourth-order valence-corrected chi connectivity index (χ4v) is 2.25. The molecule has 106 valence electrons. The van der Waals surface area contributed by atoms with E-state index >= 15 is 0 Å². The van der Waals surface area contributed by atoms with Crippen molar-refractivity contribution in [1.82, 2.24) is 4.98 Å². The van der Waals surface area contributed by atoms with Crippen molar-refractivity contribution in [3.63, 3.8) is 0 Å². The lowest BCUT2D eigenvalue weighted by atomic mass is 10.1. The first kappa shape index (κ1) is 14.8. The van der Waals surface area contributed by atoms with E-state index in [-0.39, 0.29) is 30.0 Å². The van der Waals surface area contributed by atoms with Crippen LogP contribution in [0.4, 0.5) is 4.39 Å². The molecule has 1 fully saturated rings. The molecule has 5 heteroatoms. The van der Waals surface area contributed by atoms with E-state index in [1.807, 2.05) is 12.1 Å². The molecule has 2 N–H and O–H groups in total. The van der Waals surface area contributed by atoms with Crippen molar-refractivity contribution in [2.24, 2.45) is 5.73 Å². The molecule has 1 heterocycles. The lowest BCUT2D eigenvalue weighted by molar-refractivity contribution is 0.387. The summed E-state index contributed by atoms with van der Waals surface area (Å²) in [7, 11) is 1.45. The fourth-order valence-electron chi connectivity index (χ4n) is 2.25. The van der Waals surface area contributed by atoms with Crippen molar-refractivity contribution in [3.8, 4) is 17.0 Å². The van der Waals surface area contributed by atoms with Crippen LogP contribution in [0.15, 0.2) is 36.5 Å². The minimum Gasteiger partial charge on any atom is -0.494 e. The van der Waals surface area contributed by atoms with E-state index in [2.05, 4.69) is 4.98 Å². The fraction of sp³-hybridized carbons (Fsp3) is 0.267. The molecule has 1 aromatic carbocycles. The highest BCUT2D eigenvalue weighted by atomic mass is 35.5. The van der Waals surface area contributed by atoms with E-state index in [0.29, 0.717) is 17.2 Å². The normalized spacial score (nSPS) is 20.1. The summed E-state index contributed by atoms with van der Waals surface area (Å²) in [5, 5.41) is 0. The predicted octanol–water partition coefficient (Wildman–Crippen LogP) is 3.13. The highest BCUT2D eigenvalue weighted by Gasteiger charge is 2.34. The van der Waals surface area contributed by atoms with Crippen molar-refractivity contribution in [2.45, 2.75) is 18.4 Å². The van der Waals surface area contributed by atoms with E-state index in [1.165, 1.54) is 7.11 Å². The van der Waals surface area contributed by atoms with Gasteiger partial charge in [0.05, 0.1) is 12.8 Å². The van der Waals surface area contributed by atoms with Gasteiger partial charge in [-0.25, -0.2) is 4.39 Å². The number of pyridine rings is 1. The second-order valence-electron chi connectivity index (χ2n) is 4.80. The first-order valence-corrected chi connectivity index (χ1v) is 6.25. The molecule has 0 spiro atoms. The molecule has 20 heavy (non-hydrogen) atoms. The Morgan fingerprint density at radius 3 is 2.60 bits per heavy atom. The smallest absolute Gasteiger partial charge is 0.174 e. The maximum atomic E-state index is 14.1. The molecule has 0 saturated heterocycles. The van der Waals surface area contributed by atoms with Gasteiger partial charge in [-0.05, 0) is 30.2 Å². The Labute approximate surface area is 123 Å². The van der Waals surface area contributed by atoms with Crippen molar-refractivity contribution >= 4 is 12.4 Å². The third-order valence-corrected chi connectivity index (χ3v) is 3.51. The Kier molecular flexibility index (Phi) is 4.26. The largest absolute Gasteiger partial charge is 0.494 e. The first-order valence-electron chi connectivity index (χ1n) is 6.25. The molecule has 2 unspecified atom stereocenters. The van der Waals surface area contributed by atoms with Crippen LogP contribution in [-0.2, 0) is 0 Å². The molecule has 0 aliphatic heterocycles. The van der Waals surface area contributed by atoms with Crippen LogP contribution < -0.4 is 10.5 Å². The van der Waals surface area contributed by atoms with Crippen molar-refractivity contribution < 1.29 is 9.13 Å². The Hall–Kier alpha value is -1.65. The van der Waals surface area contributed by atoms with E-state index in [9.17, 15) is 4.39 Å². The number of nitrogens with zero attached hydrogens (tertiary/aromatic N) is 1. The zero-order chi connectivity index (χ0) is 13.4. The first-order chi connectivity index (χ1) is 9.20. The number of ether oxygens (including phenoxy) is 1. The summed E-state index contributed by atoms with van der Waals surface area (Å²) in [5.74, 6) is 0.262. The highest BCUT2D eigenvalue weighted by Crippen LogP contribution is 2.39. The van der Waals surface area contributed by atoms with Gasteiger partial charge in [0.15, 0.2) is 11.6 Å². The van der Waals surface area contributed by atoms with Crippen LogP contribution in [0.1, 0.15) is 17.9 Å². The van der Waals surface area contributed by atoms with Crippen molar-refractivity contribution in [2.75, 3.05) is 7.11 Å². The van der Waals surface area contributed by atoms with Crippen LogP contribution in [0.3, 0.4) is 0 Å². The van der Waals surface area contributed by atoms with E-state index < -0.39 is 0 Å². The SMILES string of the molecule is COc1cccc(-c2ccc(C3CC3N)cn2)c1F.Cl. The van der Waals surface area contributed by atoms with E-state index in [4.69, 9.17) is 10.5 Å². The summed E-state index contributed by atoms with van der Waals surface area (Å²) in [6, 6.07) is 9.10. The summed E-state index contributed by atoms with van der Waals surface area (Å²) in [6.45, 7) is 0. The monoisotopic (exact) mass is 294 g/mol. The zero-order valence-electron chi connectivity index (χ0n) is 11.0. The average molecular weight is 295 g/mol. The lowest BCUT2D eigenvalue weighted by Gasteiger charge is -2.07. The number of benzene rings is 1. The third-order valence-electron chi connectivity index (χ3n) is 3.51. The van der Waals surface area contributed by atoms with Crippen LogP contribution in [0, 0.1) is 5.82 Å². The quantitative estimate of drug-likeness (QED) is 0.946. The molecule has 1 aliphatic carbocycles. The molecule has 2 atom stereocenters. The zero-order valence-corrected chi connectivity index (χ0v) is 11.9. The van der Waals surface area contributed by atoms with Gasteiger partial charge in [-0.2, -0.15) is 0 Å². The summed E-state index contributed by atoms with van der Waals surface area (Å²) >= 11 is 0. The van der Waals surface area contributed by atoms with Gasteiger partial charge in [0.2, 0.25) is 0 Å². The average Bonchev–Trinajstić information content (AvgIpc) is 3.16. The minimum absolute atomic E-state index is 0. The Morgan fingerprint density at radius 1 is 1.30 bits per heavy atom. The predicted molar refractivity (Wildman–Crippen MR) is 78.8 cm³/mol. The van der Waals surface area contributed by atoms with Crippen LogP contribution in [0.25, 0.3) is 11.3 Å². The Balaban J connectivity index is 0.00000147. The van der Waals surface area contributed by atoms with Gasteiger partial charge in [0, 0.05) is 23.7 Å². The van der Waals surface area contributed by atoms with Gasteiger partial charge >= 0.3 is 0 Å². The van der Waals surface area contributed by atoms with Gasteiger partial charge in [-0.1, -0.05) is 12.1 Å². The Morgan fingerprint density at radius 2 is 2.05 bits per heavy atom. The van der Waals surface area contributed by atoms with E-state index in [0.717, 1.165) is 12.0 Å². The Bertz CT molecular complexity index is 603. The molecule has 0 radical (unpaired) electrons. The molecule has 3 rings (SSSR count). The van der Waals surface area contributed by atoms with Crippen LogP contribution >= 0.6 is 12.4 Å². The van der Waals surface area contributed by atoms with Gasteiger partial charge in [-0.3, -0.25) is 4.98 Å². The number of aromatic nitrogens is 1. The van der Waals surface area contributed by atoms with Gasteiger partial charge in [0.25, 0.3) is 0 Å². The summed E-state index contributed by atoms with van der Waals surface area (Å²) < 4.78 is 19.1. The second-order valence-corrected chi connectivity index (χ2v) is 4.80. The summed E-state index contributed by atoms with van der Waals surface area (Å²) in [4.78, 5) is 4.33. The molecular weight excluding hydrogens is 279 g/mol. The lowest BCUT2D eigenvalue weighted by Crippen LogP contribution is -2.01. The molecule has 2 aromatic rings. The third kappa shape index (κ3) is 2.62. The molecule has 1 saturated carbocycles. The molecule has 1 aromatic heterocycles. The summed E-state index contributed by atoms with van der Waals surface area (Å²) in [6.07, 6.45) is 2.79. The molecule has 0 bridgehead atoms. The number of rotatable bonds is 3. The van der Waals surface area contributed by atoms with Gasteiger partial charge < -0.3 is 10.5 Å². The standard InChI is InChI=1S/C15H15FN2O.ClH/c1-19-14-4-2-3-10(15(14)16)13-6-5-9(8-18-13)11-7-12(11)17;/h2-6,8,11-12H,7,17H2,1H3;1H. The number of halogens is 2. The number of methoxy groups -OCH3 is 1. The number of hydrogen-bond acceptors (Lipinski definition) is 3. The van der Waals surface area contributed by atoms with E-state index in [1.54, 1.807) is 24.4 Å². The van der Waals surface area contributed by atoms with Gasteiger partial charge in [-0.15, -0.1) is 12.4 Å². The molecular formula is C15H16ClFN2O. The molecule has 3 nitrogen and oxygen atoms in total. The summed E-state index contributed by atoms with van der Waals surface area (Å²) in [5.41, 5.74) is 7.99. The molecule has 1 aliphatic rings. The number of nitrogens with two attached hydrogens (primary N) is 1. The topological polar surface area (TPSA) is 48.1 Å². The van der Waals surface area contributed by atoms with Crippen molar-refractivity contribution in [3.05, 3.63) is 47.9 Å². The van der Waals surface area contributed by atoms with Crippen molar-refractivity contribution in [1.29, 1.82) is 0 Å². The van der Waals surface area contributed by atoms with Crippen LogP contribution in [-0.4, -0.2) is 18.1 Å². The molecule has 0 amide bonds. The van der Waals surface area contributed by atoms with Gasteiger partial charge in [0.1, 0.15) is 0 Å². The maximum Gasteiger partial charge on any atom is 0.174 e. The minimum atomic E-state index is -0.381. The van der Waals surface area contributed by atoms with Crippen LogP contribution in [0.2, 0.25) is 0 Å². The van der Waals surface area contributed by atoms with Crippen LogP contribution in [0.5, 0.6) is 5.75 Å². The maximum absolute atomic E-state index is 14.1. The number of hydrogen-bond donors (Lipinski definition) is 1. The second kappa shape index (κ2) is 5.77.